The van der Waals surface area contributed by atoms with Crippen molar-refractivity contribution in [2.45, 2.75) is 19.5 Å². The highest BCUT2D eigenvalue weighted by molar-refractivity contribution is 5.75. The Hall–Kier alpha value is -1.55. The number of hydrogen-bond donors (Lipinski definition) is 2. The molecule has 0 saturated heterocycles. The molecule has 0 aliphatic rings. The smallest absolute Gasteiger partial charge is 0.322 e. The van der Waals surface area contributed by atoms with Crippen LogP contribution in [0.25, 0.3) is 0 Å². The van der Waals surface area contributed by atoms with Crippen LogP contribution in [-0.4, -0.2) is 19.1 Å². The number of carbonyl (C=O) groups is 1. The van der Waals surface area contributed by atoms with Crippen molar-refractivity contribution in [1.29, 1.82) is 0 Å². The van der Waals surface area contributed by atoms with Gasteiger partial charge < -0.3 is 15.8 Å². The molecule has 1 aromatic carbocycles. The Balaban J connectivity index is 2.50. The molecule has 0 saturated carbocycles. The lowest BCUT2D eigenvalue weighted by Crippen LogP contribution is -2.34. The average Bonchev–Trinajstić information content (AvgIpc) is 2.26. The first-order valence-electron chi connectivity index (χ1n) is 4.79. The van der Waals surface area contributed by atoms with Gasteiger partial charge in [-0.1, -0.05) is 18.2 Å². The van der Waals surface area contributed by atoms with Crippen molar-refractivity contribution in [3.63, 3.8) is 0 Å². The Kier molecular flexibility index (Phi) is 4.12. The fourth-order valence-electron chi connectivity index (χ4n) is 1.22. The van der Waals surface area contributed by atoms with Gasteiger partial charge in [-0.3, -0.25) is 4.79 Å². The van der Waals surface area contributed by atoms with Crippen molar-refractivity contribution < 1.29 is 9.53 Å². The summed E-state index contributed by atoms with van der Waals surface area (Å²) in [5.74, 6) is -0.274. The van der Waals surface area contributed by atoms with Gasteiger partial charge in [0.05, 0.1) is 7.11 Å². The van der Waals surface area contributed by atoms with Crippen LogP contribution >= 0.6 is 0 Å². The predicted octanol–water partition coefficient (Wildman–Crippen LogP) is 0.920. The second-order valence-electron chi connectivity index (χ2n) is 3.32. The largest absolute Gasteiger partial charge is 0.468 e. The molecular weight excluding hydrogens is 192 g/mol. The number of rotatable bonds is 4. The molecule has 15 heavy (non-hydrogen) atoms. The van der Waals surface area contributed by atoms with E-state index < -0.39 is 0 Å². The molecule has 1 atom stereocenters. The zero-order valence-corrected chi connectivity index (χ0v) is 8.99. The van der Waals surface area contributed by atoms with Crippen LogP contribution in [0, 0.1) is 0 Å². The summed E-state index contributed by atoms with van der Waals surface area (Å²) in [4.78, 5) is 11.1. The number of para-hydroxylation sites is 1. The number of nitrogens with two attached hydrogens (primary N) is 1. The molecule has 0 aliphatic carbocycles. The van der Waals surface area contributed by atoms with Gasteiger partial charge in [-0.15, -0.1) is 0 Å². The average molecular weight is 208 g/mol. The number of anilines is 1. The van der Waals surface area contributed by atoms with E-state index in [0.29, 0.717) is 6.54 Å². The fourth-order valence-corrected chi connectivity index (χ4v) is 1.22. The molecule has 0 radical (unpaired) electrons. The highest BCUT2D eigenvalue weighted by atomic mass is 16.5. The molecule has 0 fully saturated rings. The summed E-state index contributed by atoms with van der Waals surface area (Å²) in [6.45, 7) is 2.31. The van der Waals surface area contributed by atoms with E-state index in [1.165, 1.54) is 7.11 Å². The van der Waals surface area contributed by atoms with Gasteiger partial charge in [0.15, 0.2) is 0 Å². The van der Waals surface area contributed by atoms with Crippen molar-refractivity contribution >= 4 is 11.7 Å². The first-order valence-corrected chi connectivity index (χ1v) is 4.79. The molecule has 3 N–H and O–H groups in total. The molecule has 0 spiro atoms. The van der Waals surface area contributed by atoms with E-state index in [1.807, 2.05) is 24.3 Å². The van der Waals surface area contributed by atoms with E-state index in [9.17, 15) is 4.79 Å². The summed E-state index contributed by atoms with van der Waals surface area (Å²) in [5.41, 5.74) is 7.46. The van der Waals surface area contributed by atoms with Gasteiger partial charge in [0.2, 0.25) is 0 Å². The van der Waals surface area contributed by atoms with E-state index in [2.05, 4.69) is 10.1 Å². The van der Waals surface area contributed by atoms with E-state index in [0.717, 1.165) is 11.3 Å². The van der Waals surface area contributed by atoms with E-state index in [1.54, 1.807) is 6.92 Å². The summed E-state index contributed by atoms with van der Waals surface area (Å²) in [5, 5.41) is 3.04. The van der Waals surface area contributed by atoms with Gasteiger partial charge in [-0.2, -0.15) is 0 Å². The lowest BCUT2D eigenvalue weighted by Gasteiger charge is -2.12. The van der Waals surface area contributed by atoms with Crippen LogP contribution in [0.3, 0.4) is 0 Å². The third-order valence-electron chi connectivity index (χ3n) is 2.21. The second kappa shape index (κ2) is 5.36. The number of esters is 1. The number of ether oxygens (including phenoxy) is 1. The Labute approximate surface area is 89.4 Å². The molecule has 0 bridgehead atoms. The topological polar surface area (TPSA) is 64.3 Å². The van der Waals surface area contributed by atoms with Gasteiger partial charge in [0.25, 0.3) is 0 Å². The molecule has 82 valence electrons. The first-order chi connectivity index (χ1) is 7.15. The van der Waals surface area contributed by atoms with Crippen LogP contribution in [-0.2, 0) is 16.1 Å². The van der Waals surface area contributed by atoms with Crippen LogP contribution in [0.15, 0.2) is 24.3 Å². The third-order valence-corrected chi connectivity index (χ3v) is 2.21. The minimum absolute atomic E-state index is 0.274. The highest BCUT2D eigenvalue weighted by Crippen LogP contribution is 2.09. The Morgan fingerprint density at radius 1 is 1.53 bits per heavy atom. The number of nitrogen functional groups attached to an aromatic ring is 1. The molecule has 1 aromatic rings. The van der Waals surface area contributed by atoms with Crippen molar-refractivity contribution in [2.24, 2.45) is 0 Å². The summed E-state index contributed by atoms with van der Waals surface area (Å²) in [7, 11) is 1.37. The normalized spacial score (nSPS) is 12.1. The van der Waals surface area contributed by atoms with Gasteiger partial charge in [0, 0.05) is 12.2 Å². The fraction of sp³-hybridized carbons (Fsp3) is 0.364. The minimum Gasteiger partial charge on any atom is -0.468 e. The Morgan fingerprint density at radius 3 is 2.80 bits per heavy atom. The van der Waals surface area contributed by atoms with Crippen molar-refractivity contribution in [1.82, 2.24) is 5.32 Å². The zero-order valence-electron chi connectivity index (χ0n) is 8.99. The summed E-state index contributed by atoms with van der Waals surface area (Å²) in [6, 6.07) is 7.22. The van der Waals surface area contributed by atoms with E-state index in [-0.39, 0.29) is 12.0 Å². The zero-order chi connectivity index (χ0) is 11.3. The van der Waals surface area contributed by atoms with E-state index >= 15 is 0 Å². The summed E-state index contributed by atoms with van der Waals surface area (Å²) < 4.78 is 4.60. The molecule has 4 heteroatoms. The minimum atomic E-state index is -0.324. The molecule has 1 rings (SSSR count). The molecule has 4 nitrogen and oxygen atoms in total. The lowest BCUT2D eigenvalue weighted by atomic mass is 10.2. The quantitative estimate of drug-likeness (QED) is 0.570. The third kappa shape index (κ3) is 3.25. The number of carbonyl (C=O) groups excluding carboxylic acids is 1. The number of methoxy groups -OCH3 is 1. The van der Waals surface area contributed by atoms with Gasteiger partial charge in [-0.25, -0.2) is 0 Å². The highest BCUT2D eigenvalue weighted by Gasteiger charge is 2.11. The molecule has 0 amide bonds. The summed E-state index contributed by atoms with van der Waals surface area (Å²) >= 11 is 0. The molecule has 1 unspecified atom stereocenters. The van der Waals surface area contributed by atoms with Crippen LogP contribution in [0.1, 0.15) is 12.5 Å². The van der Waals surface area contributed by atoms with Gasteiger partial charge in [-0.05, 0) is 18.6 Å². The van der Waals surface area contributed by atoms with Gasteiger partial charge >= 0.3 is 5.97 Å². The lowest BCUT2D eigenvalue weighted by molar-refractivity contribution is -0.142. The Bertz CT molecular complexity index is 339. The van der Waals surface area contributed by atoms with Crippen LogP contribution < -0.4 is 11.1 Å². The molecular formula is C11H16N2O2. The molecule has 0 aliphatic heterocycles. The summed E-state index contributed by atoms with van der Waals surface area (Å²) in [6.07, 6.45) is 0. The maximum absolute atomic E-state index is 11.1. The number of hydrogen-bond acceptors (Lipinski definition) is 4. The van der Waals surface area contributed by atoms with Crippen LogP contribution in [0.4, 0.5) is 5.69 Å². The first kappa shape index (κ1) is 11.5. The second-order valence-corrected chi connectivity index (χ2v) is 3.32. The van der Waals surface area contributed by atoms with Crippen molar-refractivity contribution in [2.75, 3.05) is 12.8 Å². The number of benzene rings is 1. The maximum atomic E-state index is 11.1. The van der Waals surface area contributed by atoms with Crippen molar-refractivity contribution in [3.8, 4) is 0 Å². The molecule has 0 aromatic heterocycles. The van der Waals surface area contributed by atoms with Crippen LogP contribution in [0.5, 0.6) is 0 Å². The van der Waals surface area contributed by atoms with Crippen LogP contribution in [0.2, 0.25) is 0 Å². The monoisotopic (exact) mass is 208 g/mol. The molecule has 0 heterocycles. The Morgan fingerprint density at radius 2 is 2.20 bits per heavy atom. The van der Waals surface area contributed by atoms with Crippen molar-refractivity contribution in [3.05, 3.63) is 29.8 Å². The standard InChI is InChI=1S/C11H16N2O2/c1-8(11(14)15-2)13-7-9-5-3-4-6-10(9)12/h3-6,8,13H,7,12H2,1-2H3. The van der Waals surface area contributed by atoms with Gasteiger partial charge in [0.1, 0.15) is 6.04 Å². The maximum Gasteiger partial charge on any atom is 0.322 e. The predicted molar refractivity (Wildman–Crippen MR) is 59.2 cm³/mol. The number of nitrogens with one attached hydrogen (secondary N) is 1. The van der Waals surface area contributed by atoms with E-state index in [4.69, 9.17) is 5.73 Å². The SMILES string of the molecule is COC(=O)C(C)NCc1ccccc1N.